The van der Waals surface area contributed by atoms with Crippen LogP contribution in [0, 0.1) is 5.41 Å². The number of piperidine rings is 1. The van der Waals surface area contributed by atoms with Gasteiger partial charge < -0.3 is 4.74 Å². The summed E-state index contributed by atoms with van der Waals surface area (Å²) in [7, 11) is 1.64. The number of carbonyl (C=O) groups is 1. The molecule has 1 aliphatic heterocycles. The molecule has 0 amide bonds. The Hall–Kier alpha value is -1.35. The Balaban J connectivity index is 1.99. The molecule has 0 aromatic heterocycles. The topological polar surface area (TPSA) is 29.5 Å². The largest absolute Gasteiger partial charge is 0.497 e. The zero-order valence-electron chi connectivity index (χ0n) is 13.7. The highest BCUT2D eigenvalue weighted by Gasteiger charge is 2.32. The average Bonchev–Trinajstić information content (AvgIpc) is 2.54. The van der Waals surface area contributed by atoms with Crippen molar-refractivity contribution in [3.8, 4) is 5.75 Å². The minimum Gasteiger partial charge on any atom is -0.497 e. The van der Waals surface area contributed by atoms with E-state index >= 15 is 0 Å². The number of methoxy groups -OCH3 is 1. The lowest BCUT2D eigenvalue weighted by molar-refractivity contribution is 0.0642. The van der Waals surface area contributed by atoms with Gasteiger partial charge in [-0.3, -0.25) is 9.69 Å². The van der Waals surface area contributed by atoms with Gasteiger partial charge in [-0.2, -0.15) is 0 Å². The number of benzene rings is 1. The molecule has 0 aliphatic carbocycles. The minimum atomic E-state index is -0.0419. The normalized spacial score (nSPS) is 20.0. The third-order valence-electron chi connectivity index (χ3n) is 5.16. The van der Waals surface area contributed by atoms with Crippen LogP contribution in [0.4, 0.5) is 0 Å². The van der Waals surface area contributed by atoms with Crippen LogP contribution in [0.5, 0.6) is 5.75 Å². The minimum absolute atomic E-state index is 0.0419. The summed E-state index contributed by atoms with van der Waals surface area (Å²) in [5, 5.41) is 0. The highest BCUT2D eigenvalue weighted by Crippen LogP contribution is 2.34. The highest BCUT2D eigenvalue weighted by atomic mass is 16.5. The highest BCUT2D eigenvalue weighted by molar-refractivity contribution is 5.99. The maximum atomic E-state index is 12.6. The first-order valence-corrected chi connectivity index (χ1v) is 7.91. The van der Waals surface area contributed by atoms with Crippen LogP contribution in [-0.2, 0) is 0 Å². The molecule has 0 spiro atoms. The fourth-order valence-corrected chi connectivity index (χ4v) is 2.97. The molecule has 116 valence electrons. The van der Waals surface area contributed by atoms with Crippen molar-refractivity contribution in [2.45, 2.75) is 46.1 Å². The second-order valence-electron chi connectivity index (χ2n) is 6.47. The number of nitrogens with zero attached hydrogens (tertiary/aromatic N) is 1. The Bertz CT molecular complexity index is 472. The van der Waals surface area contributed by atoms with E-state index in [9.17, 15) is 4.79 Å². The van der Waals surface area contributed by atoms with Crippen LogP contribution in [0.2, 0.25) is 0 Å². The number of hydrogen-bond donors (Lipinski definition) is 0. The zero-order chi connectivity index (χ0) is 15.5. The maximum Gasteiger partial charge on any atom is 0.179 e. The summed E-state index contributed by atoms with van der Waals surface area (Å²) in [5.74, 6) is 0.994. The molecule has 1 aromatic rings. The molecular formula is C18H27NO2. The molecular weight excluding hydrogens is 262 g/mol. The van der Waals surface area contributed by atoms with Crippen LogP contribution in [0.15, 0.2) is 24.3 Å². The molecule has 1 fully saturated rings. The molecule has 0 radical (unpaired) electrons. The van der Waals surface area contributed by atoms with E-state index in [0.717, 1.165) is 24.4 Å². The molecule has 21 heavy (non-hydrogen) atoms. The second kappa shape index (κ2) is 6.61. The first kappa shape index (κ1) is 16.0. The van der Waals surface area contributed by atoms with E-state index in [-0.39, 0.29) is 11.8 Å². The average molecular weight is 289 g/mol. The van der Waals surface area contributed by atoms with E-state index in [1.807, 2.05) is 31.2 Å². The van der Waals surface area contributed by atoms with Crippen molar-refractivity contribution in [2.24, 2.45) is 5.41 Å². The fourth-order valence-electron chi connectivity index (χ4n) is 2.97. The molecule has 1 aromatic carbocycles. The zero-order valence-corrected chi connectivity index (χ0v) is 13.7. The van der Waals surface area contributed by atoms with E-state index in [2.05, 4.69) is 18.7 Å². The second-order valence-corrected chi connectivity index (χ2v) is 6.47. The first-order chi connectivity index (χ1) is 9.99. The van der Waals surface area contributed by atoms with Crippen molar-refractivity contribution in [2.75, 3.05) is 20.2 Å². The van der Waals surface area contributed by atoms with E-state index < -0.39 is 0 Å². The van der Waals surface area contributed by atoms with Crippen LogP contribution in [0.3, 0.4) is 0 Å². The molecule has 0 bridgehead atoms. The summed E-state index contributed by atoms with van der Waals surface area (Å²) in [5.41, 5.74) is 1.23. The van der Waals surface area contributed by atoms with Crippen LogP contribution in [0.25, 0.3) is 0 Å². The standard InChI is InChI=1S/C18H27NO2/c1-5-18(3)10-12-19(13-11-18)14(2)17(20)15-6-8-16(21-4)9-7-15/h6-9,14H,5,10-13H2,1-4H3. The lowest BCUT2D eigenvalue weighted by Crippen LogP contribution is -2.46. The molecule has 0 saturated carbocycles. The fraction of sp³-hybridized carbons (Fsp3) is 0.611. The molecule has 1 saturated heterocycles. The maximum absolute atomic E-state index is 12.6. The smallest absolute Gasteiger partial charge is 0.179 e. The van der Waals surface area contributed by atoms with Crippen LogP contribution in [0.1, 0.15) is 50.4 Å². The molecule has 3 heteroatoms. The summed E-state index contributed by atoms with van der Waals surface area (Å²) < 4.78 is 5.14. The predicted octanol–water partition coefficient (Wildman–Crippen LogP) is 3.78. The van der Waals surface area contributed by atoms with Gasteiger partial charge in [0.15, 0.2) is 5.78 Å². The predicted molar refractivity (Wildman–Crippen MR) is 86.0 cm³/mol. The van der Waals surface area contributed by atoms with Crippen LogP contribution >= 0.6 is 0 Å². The van der Waals surface area contributed by atoms with Crippen molar-refractivity contribution < 1.29 is 9.53 Å². The van der Waals surface area contributed by atoms with Gasteiger partial charge >= 0.3 is 0 Å². The van der Waals surface area contributed by atoms with Crippen LogP contribution < -0.4 is 4.74 Å². The summed E-state index contributed by atoms with van der Waals surface area (Å²) >= 11 is 0. The SMILES string of the molecule is CCC1(C)CCN(C(C)C(=O)c2ccc(OC)cc2)CC1. The van der Waals surface area contributed by atoms with Gasteiger partial charge in [-0.15, -0.1) is 0 Å². The summed E-state index contributed by atoms with van der Waals surface area (Å²) in [6.45, 7) is 8.70. The van der Waals surface area contributed by atoms with Gasteiger partial charge in [-0.05, 0) is 62.5 Å². The Morgan fingerprint density at radius 1 is 1.29 bits per heavy atom. The van der Waals surface area contributed by atoms with Crippen molar-refractivity contribution in [3.63, 3.8) is 0 Å². The van der Waals surface area contributed by atoms with Crippen molar-refractivity contribution in [3.05, 3.63) is 29.8 Å². The number of hydrogen-bond acceptors (Lipinski definition) is 3. The van der Waals surface area contributed by atoms with Crippen molar-refractivity contribution >= 4 is 5.78 Å². The number of carbonyl (C=O) groups excluding carboxylic acids is 1. The first-order valence-electron chi connectivity index (χ1n) is 7.91. The summed E-state index contributed by atoms with van der Waals surface area (Å²) in [6.07, 6.45) is 3.59. The van der Waals surface area contributed by atoms with E-state index in [1.54, 1.807) is 7.11 Å². The summed E-state index contributed by atoms with van der Waals surface area (Å²) in [6, 6.07) is 7.38. The molecule has 3 nitrogen and oxygen atoms in total. The lowest BCUT2D eigenvalue weighted by Gasteiger charge is -2.41. The summed E-state index contributed by atoms with van der Waals surface area (Å²) in [4.78, 5) is 14.9. The quantitative estimate of drug-likeness (QED) is 0.773. The molecule has 1 unspecified atom stereocenters. The number of ketones is 1. The van der Waals surface area contributed by atoms with Gasteiger partial charge in [-0.25, -0.2) is 0 Å². The monoisotopic (exact) mass is 289 g/mol. The van der Waals surface area contributed by atoms with Gasteiger partial charge in [0, 0.05) is 5.56 Å². The third kappa shape index (κ3) is 3.65. The molecule has 0 N–H and O–H groups in total. The Morgan fingerprint density at radius 2 is 1.86 bits per heavy atom. The molecule has 2 rings (SSSR count). The third-order valence-corrected chi connectivity index (χ3v) is 5.16. The van der Waals surface area contributed by atoms with Crippen molar-refractivity contribution in [1.29, 1.82) is 0 Å². The van der Waals surface area contributed by atoms with Gasteiger partial charge in [-0.1, -0.05) is 20.3 Å². The Kier molecular flexibility index (Phi) is 5.04. The van der Waals surface area contributed by atoms with E-state index in [4.69, 9.17) is 4.74 Å². The number of rotatable bonds is 5. The van der Waals surface area contributed by atoms with Gasteiger partial charge in [0.2, 0.25) is 0 Å². The number of likely N-dealkylation sites (tertiary alicyclic amines) is 1. The molecule has 1 atom stereocenters. The van der Waals surface area contributed by atoms with E-state index in [0.29, 0.717) is 5.41 Å². The Morgan fingerprint density at radius 3 is 2.33 bits per heavy atom. The number of ether oxygens (including phenoxy) is 1. The number of Topliss-reactive ketones (excluding diaryl/α,β-unsaturated/α-hetero) is 1. The van der Waals surface area contributed by atoms with Gasteiger partial charge in [0.25, 0.3) is 0 Å². The lowest BCUT2D eigenvalue weighted by atomic mass is 9.78. The van der Waals surface area contributed by atoms with Crippen LogP contribution in [-0.4, -0.2) is 36.9 Å². The molecule has 1 heterocycles. The van der Waals surface area contributed by atoms with Gasteiger partial charge in [0.05, 0.1) is 13.2 Å². The van der Waals surface area contributed by atoms with E-state index in [1.165, 1.54) is 19.3 Å². The van der Waals surface area contributed by atoms with Gasteiger partial charge in [0.1, 0.15) is 5.75 Å². The Labute approximate surface area is 128 Å². The van der Waals surface area contributed by atoms with Crippen molar-refractivity contribution in [1.82, 2.24) is 4.90 Å². The molecule has 1 aliphatic rings.